The molecule has 0 saturated heterocycles. The minimum absolute atomic E-state index is 0. The van der Waals surface area contributed by atoms with Crippen LogP contribution < -0.4 is 0 Å². The van der Waals surface area contributed by atoms with Crippen LogP contribution in [0.1, 0.15) is 48.0 Å². The molecule has 1 aliphatic carbocycles. The molecule has 5 heteroatoms. The summed E-state index contributed by atoms with van der Waals surface area (Å²) in [5.74, 6) is 0. The van der Waals surface area contributed by atoms with E-state index in [4.69, 9.17) is 5.73 Å². The van der Waals surface area contributed by atoms with Crippen LogP contribution >= 0.6 is 24.8 Å². The van der Waals surface area contributed by atoms with Crippen molar-refractivity contribution in [1.29, 1.82) is 0 Å². The van der Waals surface area contributed by atoms with Crippen molar-refractivity contribution in [3.05, 3.63) is 44.4 Å². The van der Waals surface area contributed by atoms with Crippen LogP contribution in [0.4, 0.5) is 0 Å². The Balaban J connectivity index is -0.0000000399. The molecule has 1 rings (SSSR count). The monoisotopic (exact) mass is 415 g/mol. The molecule has 20 heavy (non-hydrogen) atoms. The number of rotatable bonds is 0. The van der Waals surface area contributed by atoms with E-state index < -0.39 is 0 Å². The Labute approximate surface area is 157 Å². The Morgan fingerprint density at radius 1 is 1.05 bits per heavy atom. The molecule has 1 aliphatic rings. The van der Waals surface area contributed by atoms with Crippen molar-refractivity contribution in [1.82, 2.24) is 0 Å². The van der Waals surface area contributed by atoms with E-state index >= 15 is 0 Å². The SMILES string of the molecule is CC(C)(C)C1=CC[C-]=C1.CC(C)(C)[NH-].Cl.Cl.[CH3-].[CH3-].[SiH2]=[Zr]. The predicted octanol–water partition coefficient (Wildman–Crippen LogP) is 5.38. The number of nitrogens with one attached hydrogen (secondary N) is 1. The second-order valence-corrected chi connectivity index (χ2v) is 5.71. The van der Waals surface area contributed by atoms with Gasteiger partial charge in [-0.2, -0.15) is 11.6 Å². The summed E-state index contributed by atoms with van der Waals surface area (Å²) in [4.78, 5) is 0. The minimum atomic E-state index is -0.250. The zero-order valence-electron chi connectivity index (χ0n) is 14.4. The number of allylic oxidation sites excluding steroid dienone is 4. The van der Waals surface area contributed by atoms with Crippen LogP contribution in [0.2, 0.25) is 0 Å². The van der Waals surface area contributed by atoms with Gasteiger partial charge in [-0.3, -0.25) is 6.08 Å². The van der Waals surface area contributed by atoms with Gasteiger partial charge in [0.2, 0.25) is 0 Å². The Bertz CT molecular complexity index is 248. The molecular weight excluding hydrogens is 384 g/mol. The van der Waals surface area contributed by atoms with Gasteiger partial charge >= 0.3 is 30.2 Å². The standard InChI is InChI=1S/C9H13.C4H10N.2CH3.2ClH.H2Si.Zr/c1-9(2,3)8-6-4-5-7-8;1-4(2,3)5;;;;;;/h6-7H,4H2,1-3H3;5H,1-3H3;2*1H3;2*1H;1H2;/q4*-1;;;;. The van der Waals surface area contributed by atoms with Gasteiger partial charge in [-0.1, -0.05) is 47.0 Å². The molecule has 0 amide bonds. The molecule has 0 aliphatic heterocycles. The molecule has 1 nitrogen and oxygen atoms in total. The topological polar surface area (TPSA) is 23.8 Å². The van der Waals surface area contributed by atoms with Crippen LogP contribution in [0.15, 0.2) is 17.7 Å². The first-order valence-corrected chi connectivity index (χ1v) is 11.4. The van der Waals surface area contributed by atoms with E-state index in [0.29, 0.717) is 5.41 Å². The molecule has 0 heterocycles. The summed E-state index contributed by atoms with van der Waals surface area (Å²) in [7, 11) is 0. The first-order chi connectivity index (χ1) is 7.11. The molecule has 0 fully saturated rings. The quantitative estimate of drug-likeness (QED) is 0.373. The normalized spacial score (nSPS) is 11.4. The van der Waals surface area contributed by atoms with Crippen molar-refractivity contribution in [3.8, 4) is 0 Å². The van der Waals surface area contributed by atoms with Gasteiger partial charge in [0.05, 0.1) is 0 Å². The van der Waals surface area contributed by atoms with Gasteiger partial charge in [-0.25, -0.2) is 6.08 Å². The van der Waals surface area contributed by atoms with E-state index in [1.807, 2.05) is 27.7 Å². The van der Waals surface area contributed by atoms with Gasteiger partial charge in [0.1, 0.15) is 0 Å². The number of hydrogen-bond donors (Lipinski definition) is 0. The predicted molar refractivity (Wildman–Crippen MR) is 99.9 cm³/mol. The Hall–Kier alpha value is 1.12. The van der Waals surface area contributed by atoms with E-state index in [-0.39, 0.29) is 45.2 Å². The number of halogens is 2. The zero-order chi connectivity index (χ0) is 13.4. The van der Waals surface area contributed by atoms with Crippen molar-refractivity contribution in [2.75, 3.05) is 0 Å². The van der Waals surface area contributed by atoms with Gasteiger partial charge in [0.25, 0.3) is 0 Å². The van der Waals surface area contributed by atoms with Gasteiger partial charge in [0, 0.05) is 0 Å². The van der Waals surface area contributed by atoms with Gasteiger partial charge in [-0.15, -0.1) is 36.8 Å². The van der Waals surface area contributed by atoms with E-state index in [1.165, 1.54) is 5.57 Å². The second-order valence-electron chi connectivity index (χ2n) is 5.71. The third-order valence-corrected chi connectivity index (χ3v) is 1.56. The fourth-order valence-electron chi connectivity index (χ4n) is 0.919. The molecule has 0 saturated carbocycles. The van der Waals surface area contributed by atoms with Crippen LogP contribution in [0.3, 0.4) is 0 Å². The van der Waals surface area contributed by atoms with E-state index in [9.17, 15) is 0 Å². The summed E-state index contributed by atoms with van der Waals surface area (Å²) in [5.41, 5.74) is 8.43. The molecule has 1 N–H and O–H groups in total. The van der Waals surface area contributed by atoms with Crippen molar-refractivity contribution >= 4 is 31.7 Å². The first kappa shape index (κ1) is 37.4. The maximum atomic E-state index is 6.94. The molecule has 0 atom stereocenters. The van der Waals surface area contributed by atoms with Crippen molar-refractivity contribution < 1.29 is 23.3 Å². The molecule has 0 aromatic heterocycles. The first-order valence-electron chi connectivity index (χ1n) is 5.48. The van der Waals surface area contributed by atoms with Crippen molar-refractivity contribution in [2.24, 2.45) is 5.41 Å². The molecule has 0 aromatic carbocycles. The maximum absolute atomic E-state index is 6.94. The third-order valence-electron chi connectivity index (χ3n) is 1.56. The summed E-state index contributed by atoms with van der Waals surface area (Å²) in [6.45, 7) is 14.2. The van der Waals surface area contributed by atoms with Crippen LogP contribution in [-0.2, 0) is 23.3 Å². The third kappa shape index (κ3) is 31.5. The van der Waals surface area contributed by atoms with E-state index in [1.54, 1.807) is 23.3 Å². The average molecular weight is 418 g/mol. The second kappa shape index (κ2) is 18.2. The summed E-state index contributed by atoms with van der Waals surface area (Å²) in [6.07, 6.45) is 8.50. The summed E-state index contributed by atoms with van der Waals surface area (Å²) < 4.78 is 0. The van der Waals surface area contributed by atoms with Crippen LogP contribution in [0.25, 0.3) is 5.73 Å². The van der Waals surface area contributed by atoms with E-state index in [0.717, 1.165) is 6.42 Å². The molecule has 124 valence electrons. The average Bonchev–Trinajstić information content (AvgIpc) is 2.55. The van der Waals surface area contributed by atoms with E-state index in [2.05, 4.69) is 39.0 Å². The summed E-state index contributed by atoms with van der Waals surface area (Å²) in [5, 5.41) is 0. The molecule has 0 aromatic rings. The molecular formula is C15H33Cl2NSiZr-4. The summed E-state index contributed by atoms with van der Waals surface area (Å²) in [6, 6.07) is 0. The Kier molecular flexibility index (Phi) is 34.0. The fourth-order valence-corrected chi connectivity index (χ4v) is 0.919. The van der Waals surface area contributed by atoms with Crippen molar-refractivity contribution in [3.63, 3.8) is 0 Å². The van der Waals surface area contributed by atoms with Crippen LogP contribution in [0.5, 0.6) is 0 Å². The molecule has 0 unspecified atom stereocenters. The Morgan fingerprint density at radius 3 is 1.45 bits per heavy atom. The summed E-state index contributed by atoms with van der Waals surface area (Å²) >= 11 is 1.58. The molecule has 0 bridgehead atoms. The van der Waals surface area contributed by atoms with Crippen LogP contribution in [0, 0.1) is 26.3 Å². The van der Waals surface area contributed by atoms with Gasteiger partial charge < -0.3 is 20.6 Å². The zero-order valence-corrected chi connectivity index (χ0v) is 19.9. The van der Waals surface area contributed by atoms with Crippen LogP contribution in [-0.4, -0.2) is 12.4 Å². The molecule has 0 radical (unpaired) electrons. The van der Waals surface area contributed by atoms with Gasteiger partial charge in [-0.05, 0) is 0 Å². The van der Waals surface area contributed by atoms with Crippen molar-refractivity contribution in [2.45, 2.75) is 53.5 Å². The molecule has 0 spiro atoms. The Morgan fingerprint density at radius 2 is 1.35 bits per heavy atom. The fraction of sp³-hybridized carbons (Fsp3) is 0.600. The van der Waals surface area contributed by atoms with Gasteiger partial charge in [0.15, 0.2) is 0 Å². The number of hydrogen-bond acceptors (Lipinski definition) is 0.